The number of hydrogen-bond acceptors (Lipinski definition) is 11. The molecule has 2 aliphatic heterocycles. The number of hydrazine groups is 1. The van der Waals surface area contributed by atoms with Gasteiger partial charge in [0.15, 0.2) is 6.23 Å². The van der Waals surface area contributed by atoms with Gasteiger partial charge in [0.2, 0.25) is 0 Å². The Morgan fingerprint density at radius 2 is 1.52 bits per heavy atom. The maximum atomic E-state index is 14.0. The second-order valence-electron chi connectivity index (χ2n) is 10.5. The molecule has 4 atom stereocenters. The van der Waals surface area contributed by atoms with E-state index in [1.165, 1.54) is 28.8 Å². The van der Waals surface area contributed by atoms with Crippen molar-refractivity contribution in [3.8, 4) is 11.5 Å². The first-order valence-corrected chi connectivity index (χ1v) is 13.2. The van der Waals surface area contributed by atoms with Crippen LogP contribution in [0.4, 0.5) is 0 Å². The molecule has 0 bridgehead atoms. The van der Waals surface area contributed by atoms with Crippen molar-refractivity contribution in [2.45, 2.75) is 30.6 Å². The number of phenolic OH excluding ortho intramolecular Hbond substituents is 2. The minimum atomic E-state index is -1.52. The number of hydrogen-bond donors (Lipinski definition) is 9. The Morgan fingerprint density at radius 1 is 0.881 bits per heavy atom. The summed E-state index contributed by atoms with van der Waals surface area (Å²) in [6, 6.07) is 7.77. The van der Waals surface area contributed by atoms with Crippen LogP contribution in [0.5, 0.6) is 11.5 Å². The Labute approximate surface area is 235 Å². The number of aromatic amines is 1. The third kappa shape index (κ3) is 3.45. The zero-order valence-corrected chi connectivity index (χ0v) is 21.7. The molecule has 0 spiro atoms. The van der Waals surface area contributed by atoms with Crippen molar-refractivity contribution in [2.24, 2.45) is 0 Å². The third-order valence-corrected chi connectivity index (χ3v) is 8.11. The number of aliphatic hydroxyl groups is 5. The van der Waals surface area contributed by atoms with E-state index in [1.54, 1.807) is 12.1 Å². The Hall–Kier alpha value is -4.28. The number of imide groups is 1. The first-order chi connectivity index (χ1) is 20.2. The van der Waals surface area contributed by atoms with Crippen LogP contribution in [0, 0.1) is 0 Å². The third-order valence-electron chi connectivity index (χ3n) is 8.11. The molecule has 0 saturated carbocycles. The summed E-state index contributed by atoms with van der Waals surface area (Å²) >= 11 is 0. The van der Waals surface area contributed by atoms with Gasteiger partial charge in [0, 0.05) is 33.7 Å². The molecular weight excluding hydrogens is 552 g/mol. The molecule has 1 saturated heterocycles. The summed E-state index contributed by atoms with van der Waals surface area (Å²) in [5, 5.41) is 73.5. The van der Waals surface area contributed by atoms with Crippen LogP contribution >= 0.6 is 0 Å². The number of carbonyl (C=O) groups excluding carboxylic acids is 2. The fourth-order valence-electron chi connectivity index (χ4n) is 6.21. The maximum Gasteiger partial charge on any atom is 0.276 e. The van der Waals surface area contributed by atoms with E-state index < -0.39 is 62.2 Å². The molecule has 0 radical (unpaired) electrons. The summed E-state index contributed by atoms with van der Waals surface area (Å²) < 4.78 is 7.40. The van der Waals surface area contributed by atoms with Crippen LogP contribution in [0.1, 0.15) is 26.9 Å². The number of H-pyrrole nitrogens is 1. The standard InChI is InChI=1S/C28H26N4O10/c33-7-10(8-34)30-32-26(40)20-18-13-3-1-11(36)5-15(13)29-22(18)23-19(21(20)27(32)41)14-4-2-12(37)6-16(14)31(23)28-25(39)24(38)17(9-35)42-28/h1-6,10,17,24-25,28-30,33-39H,7-9H2/t17-,24+,25-,28+/m1/s1. The average Bonchev–Trinajstić information content (AvgIpc) is 3.66. The number of fused-ring (bicyclic) bond motifs is 10. The van der Waals surface area contributed by atoms with Crippen LogP contribution < -0.4 is 5.43 Å². The number of aromatic hydroxyl groups is 2. The van der Waals surface area contributed by atoms with E-state index in [4.69, 9.17) is 4.74 Å². The van der Waals surface area contributed by atoms with Crippen molar-refractivity contribution >= 4 is 55.4 Å². The summed E-state index contributed by atoms with van der Waals surface area (Å²) in [7, 11) is 0. The molecule has 0 aliphatic carbocycles. The number of aromatic nitrogens is 2. The lowest BCUT2D eigenvalue weighted by Crippen LogP contribution is -2.50. The minimum absolute atomic E-state index is 0.0141. The topological polar surface area (TPSA) is 221 Å². The highest BCUT2D eigenvalue weighted by Gasteiger charge is 2.47. The van der Waals surface area contributed by atoms with Gasteiger partial charge in [-0.05, 0) is 24.3 Å². The first-order valence-electron chi connectivity index (χ1n) is 13.2. The number of aliphatic hydroxyl groups excluding tert-OH is 5. The molecule has 2 aromatic heterocycles. The van der Waals surface area contributed by atoms with Gasteiger partial charge in [-0.1, -0.05) is 0 Å². The zero-order chi connectivity index (χ0) is 29.6. The Morgan fingerprint density at radius 3 is 2.17 bits per heavy atom. The number of ether oxygens (including phenoxy) is 1. The summed E-state index contributed by atoms with van der Waals surface area (Å²) in [5.41, 5.74) is 3.96. The van der Waals surface area contributed by atoms with Crippen LogP contribution in [0.3, 0.4) is 0 Å². The largest absolute Gasteiger partial charge is 0.508 e. The van der Waals surface area contributed by atoms with Crippen LogP contribution in [-0.4, -0.2) is 106 Å². The van der Waals surface area contributed by atoms with Crippen molar-refractivity contribution in [3.63, 3.8) is 0 Å². The smallest absolute Gasteiger partial charge is 0.276 e. The average molecular weight is 579 g/mol. The van der Waals surface area contributed by atoms with E-state index >= 15 is 0 Å². The van der Waals surface area contributed by atoms with Gasteiger partial charge in [0.1, 0.15) is 29.8 Å². The quantitative estimate of drug-likeness (QED) is 0.121. The molecule has 7 rings (SSSR count). The van der Waals surface area contributed by atoms with Crippen molar-refractivity contribution in [1.82, 2.24) is 20.0 Å². The molecule has 2 amide bonds. The van der Waals surface area contributed by atoms with E-state index in [2.05, 4.69) is 10.4 Å². The van der Waals surface area contributed by atoms with Gasteiger partial charge < -0.3 is 50.0 Å². The molecule has 42 heavy (non-hydrogen) atoms. The molecule has 1 fully saturated rings. The monoisotopic (exact) mass is 578 g/mol. The van der Waals surface area contributed by atoms with Crippen molar-refractivity contribution < 1.29 is 50.1 Å². The summed E-state index contributed by atoms with van der Waals surface area (Å²) in [5.74, 6) is -1.71. The van der Waals surface area contributed by atoms with E-state index in [9.17, 15) is 45.3 Å². The highest BCUT2D eigenvalue weighted by molar-refractivity contribution is 6.39. The molecule has 3 aromatic carbocycles. The van der Waals surface area contributed by atoms with E-state index in [-0.39, 0.29) is 28.0 Å². The number of benzene rings is 3. The van der Waals surface area contributed by atoms with Crippen molar-refractivity contribution in [1.29, 1.82) is 0 Å². The number of nitrogens with zero attached hydrogens (tertiary/aromatic N) is 2. The van der Waals surface area contributed by atoms with E-state index in [0.29, 0.717) is 38.2 Å². The Bertz CT molecular complexity index is 1940. The number of rotatable bonds is 6. The molecule has 9 N–H and O–H groups in total. The molecule has 0 unspecified atom stereocenters. The number of amides is 2. The second-order valence-corrected chi connectivity index (χ2v) is 10.5. The highest BCUT2D eigenvalue weighted by atomic mass is 16.6. The maximum absolute atomic E-state index is 14.0. The van der Waals surface area contributed by atoms with Crippen LogP contribution in [0.2, 0.25) is 0 Å². The molecule has 5 aromatic rings. The number of phenols is 2. The Kier molecular flexibility index (Phi) is 5.93. The number of nitrogens with one attached hydrogen (secondary N) is 2. The van der Waals surface area contributed by atoms with Gasteiger partial charge in [-0.2, -0.15) is 0 Å². The van der Waals surface area contributed by atoms with E-state index in [0.717, 1.165) is 5.01 Å². The van der Waals surface area contributed by atoms with Gasteiger partial charge in [-0.3, -0.25) is 9.59 Å². The summed E-state index contributed by atoms with van der Waals surface area (Å²) in [4.78, 5) is 31.2. The van der Waals surface area contributed by atoms with Crippen molar-refractivity contribution in [2.75, 3.05) is 19.8 Å². The lowest BCUT2D eigenvalue weighted by Gasteiger charge is -2.20. The predicted octanol–water partition coefficient (Wildman–Crippen LogP) is -0.0945. The molecule has 4 heterocycles. The van der Waals surface area contributed by atoms with Gasteiger partial charge >= 0.3 is 0 Å². The van der Waals surface area contributed by atoms with Crippen molar-refractivity contribution in [3.05, 3.63) is 47.5 Å². The summed E-state index contributed by atoms with van der Waals surface area (Å²) in [6.07, 6.45) is -5.39. The molecule has 14 heteroatoms. The second kappa shape index (κ2) is 9.37. The van der Waals surface area contributed by atoms with Gasteiger partial charge in [-0.25, -0.2) is 10.4 Å². The van der Waals surface area contributed by atoms with Crippen LogP contribution in [-0.2, 0) is 4.74 Å². The molecule has 2 aliphatic rings. The summed E-state index contributed by atoms with van der Waals surface area (Å²) in [6.45, 7) is -1.71. The number of carbonyl (C=O) groups is 2. The Balaban J connectivity index is 1.66. The SMILES string of the molecule is O=C1c2c(c3c4ccc(O)cc4n([C@H]4O[C@H](CO)[C@H](O)[C@H]4O)c3c3[nH]c4cc(O)ccc4c23)C(=O)N1NC(CO)CO. The first kappa shape index (κ1) is 26.6. The van der Waals surface area contributed by atoms with Gasteiger partial charge in [0.25, 0.3) is 11.8 Å². The molecular formula is C28H26N4O10. The fraction of sp³-hybridized carbons (Fsp3) is 0.286. The van der Waals surface area contributed by atoms with Gasteiger partial charge in [-0.15, -0.1) is 0 Å². The lowest BCUT2D eigenvalue weighted by molar-refractivity contribution is -0.0487. The normalized spacial score (nSPS) is 22.7. The fourth-order valence-corrected chi connectivity index (χ4v) is 6.21. The van der Waals surface area contributed by atoms with Gasteiger partial charge in [0.05, 0.1) is 59.1 Å². The minimum Gasteiger partial charge on any atom is -0.508 e. The predicted molar refractivity (Wildman–Crippen MR) is 147 cm³/mol. The van der Waals surface area contributed by atoms with Crippen LogP contribution in [0.25, 0.3) is 43.6 Å². The highest BCUT2D eigenvalue weighted by Crippen LogP contribution is 2.48. The molecule has 14 nitrogen and oxygen atoms in total. The van der Waals surface area contributed by atoms with E-state index in [1.807, 2.05) is 0 Å². The lowest BCUT2D eigenvalue weighted by atomic mass is 9.96. The van der Waals surface area contributed by atoms with Crippen LogP contribution in [0.15, 0.2) is 36.4 Å². The zero-order valence-electron chi connectivity index (χ0n) is 21.7. The molecule has 218 valence electrons.